The summed E-state index contributed by atoms with van der Waals surface area (Å²) >= 11 is 0. The fourth-order valence-electron chi connectivity index (χ4n) is 1.26. The quantitative estimate of drug-likeness (QED) is 0.727. The van der Waals surface area contributed by atoms with E-state index in [1.807, 2.05) is 14.1 Å². The van der Waals surface area contributed by atoms with Gasteiger partial charge in [0.15, 0.2) is 0 Å². The van der Waals surface area contributed by atoms with Crippen LogP contribution in [-0.4, -0.2) is 47.1 Å². The highest BCUT2D eigenvalue weighted by Gasteiger charge is 2.21. The Morgan fingerprint density at radius 2 is 2.17 bits per heavy atom. The first-order chi connectivity index (χ1) is 8.25. The summed E-state index contributed by atoms with van der Waals surface area (Å²) in [5, 5.41) is 12.1. The van der Waals surface area contributed by atoms with Crippen LogP contribution in [0.2, 0.25) is 0 Å². The van der Waals surface area contributed by atoms with Crippen molar-refractivity contribution in [2.45, 2.75) is 19.4 Å². The van der Waals surface area contributed by atoms with Gasteiger partial charge in [0.25, 0.3) is 0 Å². The maximum absolute atomic E-state index is 10.9. The molecule has 0 spiro atoms. The second-order valence-corrected chi connectivity index (χ2v) is 4.99. The van der Waals surface area contributed by atoms with Gasteiger partial charge in [0.05, 0.1) is 11.3 Å². The summed E-state index contributed by atoms with van der Waals surface area (Å²) in [5.74, 6) is -0.644. The maximum Gasteiger partial charge on any atom is 0.337 e. The van der Waals surface area contributed by atoms with E-state index in [0.29, 0.717) is 12.4 Å². The Hall–Kier alpha value is -1.82. The molecule has 0 atom stereocenters. The molecule has 1 aromatic rings. The van der Waals surface area contributed by atoms with E-state index in [1.165, 1.54) is 12.3 Å². The van der Waals surface area contributed by atoms with Gasteiger partial charge in [0.2, 0.25) is 0 Å². The Bertz CT molecular complexity index is 444. The number of aromatic carboxylic acids is 1. The zero-order chi connectivity index (χ0) is 13.9. The molecule has 0 saturated heterocycles. The number of hydrogen-bond donors (Lipinski definition) is 3. The van der Waals surface area contributed by atoms with Gasteiger partial charge in [-0.05, 0) is 34.0 Å². The van der Waals surface area contributed by atoms with Crippen LogP contribution in [0.15, 0.2) is 12.3 Å². The Morgan fingerprint density at radius 3 is 2.67 bits per heavy atom. The fourth-order valence-corrected chi connectivity index (χ4v) is 1.26. The van der Waals surface area contributed by atoms with Crippen LogP contribution >= 0.6 is 0 Å². The van der Waals surface area contributed by atoms with Crippen molar-refractivity contribution in [1.29, 1.82) is 0 Å². The number of pyridine rings is 1. The molecule has 1 aromatic heterocycles. The van der Waals surface area contributed by atoms with Gasteiger partial charge in [0.1, 0.15) is 5.82 Å². The van der Waals surface area contributed by atoms with E-state index in [2.05, 4.69) is 29.0 Å². The third kappa shape index (κ3) is 3.10. The zero-order valence-corrected chi connectivity index (χ0v) is 11.2. The number of carboxylic acid groups (broad SMARTS) is 1. The summed E-state index contributed by atoms with van der Waals surface area (Å²) in [6.07, 6.45) is 1.44. The number of hydrogen-bond acceptors (Lipinski definition) is 5. The number of carboxylic acids is 1. The normalized spacial score (nSPS) is 11.6. The molecule has 0 radical (unpaired) electrons. The molecule has 0 saturated carbocycles. The highest BCUT2D eigenvalue weighted by molar-refractivity contribution is 5.96. The Balaban J connectivity index is 2.87. The van der Waals surface area contributed by atoms with Gasteiger partial charge in [-0.3, -0.25) is 0 Å². The summed E-state index contributed by atoms with van der Waals surface area (Å²) in [6, 6.07) is 1.39. The minimum atomic E-state index is -1.05. The van der Waals surface area contributed by atoms with Crippen LogP contribution in [0.25, 0.3) is 0 Å². The summed E-state index contributed by atoms with van der Waals surface area (Å²) in [6.45, 7) is 4.74. The molecule has 0 aromatic carbocycles. The first-order valence-electron chi connectivity index (χ1n) is 5.65. The number of nitrogens with one attached hydrogen (secondary N) is 1. The molecule has 1 rings (SSSR count). The van der Waals surface area contributed by atoms with Crippen molar-refractivity contribution < 1.29 is 9.90 Å². The molecule has 0 fully saturated rings. The fraction of sp³-hybridized carbons (Fsp3) is 0.500. The lowest BCUT2D eigenvalue weighted by molar-refractivity contribution is 0.0698. The molecule has 0 unspecified atom stereocenters. The molecule has 4 N–H and O–H groups in total. The Labute approximate surface area is 107 Å². The van der Waals surface area contributed by atoms with E-state index >= 15 is 0 Å². The van der Waals surface area contributed by atoms with Gasteiger partial charge < -0.3 is 21.1 Å². The maximum atomic E-state index is 10.9. The number of anilines is 2. The molecule has 6 nitrogen and oxygen atoms in total. The molecule has 100 valence electrons. The highest BCUT2D eigenvalue weighted by atomic mass is 16.4. The predicted molar refractivity (Wildman–Crippen MR) is 71.9 cm³/mol. The molecular formula is C12H20N4O2. The van der Waals surface area contributed by atoms with Crippen LogP contribution in [0.1, 0.15) is 24.2 Å². The van der Waals surface area contributed by atoms with E-state index < -0.39 is 5.97 Å². The van der Waals surface area contributed by atoms with E-state index in [-0.39, 0.29) is 16.8 Å². The second-order valence-electron chi connectivity index (χ2n) is 4.99. The van der Waals surface area contributed by atoms with Crippen molar-refractivity contribution in [2.75, 3.05) is 31.7 Å². The molecule has 0 aliphatic rings. The van der Waals surface area contributed by atoms with Crippen LogP contribution in [0.5, 0.6) is 0 Å². The van der Waals surface area contributed by atoms with Crippen molar-refractivity contribution in [3.8, 4) is 0 Å². The minimum Gasteiger partial charge on any atom is -0.478 e. The van der Waals surface area contributed by atoms with Gasteiger partial charge in [-0.1, -0.05) is 0 Å². The van der Waals surface area contributed by atoms with Crippen LogP contribution in [0, 0.1) is 0 Å². The van der Waals surface area contributed by atoms with Gasteiger partial charge >= 0.3 is 5.97 Å². The third-order valence-corrected chi connectivity index (χ3v) is 3.12. The molecular weight excluding hydrogens is 232 g/mol. The molecule has 0 bridgehead atoms. The lowest BCUT2D eigenvalue weighted by Crippen LogP contribution is -2.44. The molecule has 6 heteroatoms. The number of aromatic nitrogens is 1. The van der Waals surface area contributed by atoms with E-state index in [4.69, 9.17) is 10.8 Å². The zero-order valence-electron chi connectivity index (χ0n) is 11.2. The second kappa shape index (κ2) is 5.22. The van der Waals surface area contributed by atoms with E-state index in [9.17, 15) is 4.79 Å². The molecule has 0 aliphatic heterocycles. The lowest BCUT2D eigenvalue weighted by atomic mass is 10.0. The number of nitrogen functional groups attached to an aromatic ring is 1. The van der Waals surface area contributed by atoms with Crippen LogP contribution < -0.4 is 11.1 Å². The molecule has 1 heterocycles. The largest absolute Gasteiger partial charge is 0.478 e. The summed E-state index contributed by atoms with van der Waals surface area (Å²) in [7, 11) is 3.96. The standard InChI is InChI=1S/C12H20N4O2/c1-12(2,16(3)4)7-15-10-9(13)8(11(17)18)5-6-14-10/h5-6H,7,13H2,1-4H3,(H,14,15)(H,17,18). The first-order valence-corrected chi connectivity index (χ1v) is 5.65. The van der Waals surface area contributed by atoms with Gasteiger partial charge in [-0.2, -0.15) is 0 Å². The van der Waals surface area contributed by atoms with Crippen molar-refractivity contribution in [3.05, 3.63) is 17.8 Å². The Kier molecular flexibility index (Phi) is 4.13. The van der Waals surface area contributed by atoms with Crippen LogP contribution in [0.3, 0.4) is 0 Å². The number of nitrogens with two attached hydrogens (primary N) is 1. The van der Waals surface area contributed by atoms with Gasteiger partial charge in [-0.15, -0.1) is 0 Å². The van der Waals surface area contributed by atoms with E-state index in [1.54, 1.807) is 0 Å². The van der Waals surface area contributed by atoms with Crippen LogP contribution in [-0.2, 0) is 0 Å². The third-order valence-electron chi connectivity index (χ3n) is 3.12. The molecule has 0 aliphatic carbocycles. The average molecular weight is 252 g/mol. The van der Waals surface area contributed by atoms with Crippen molar-refractivity contribution >= 4 is 17.5 Å². The van der Waals surface area contributed by atoms with Gasteiger partial charge in [0, 0.05) is 18.3 Å². The molecule has 18 heavy (non-hydrogen) atoms. The predicted octanol–water partition coefficient (Wildman–Crippen LogP) is 1.11. The number of carbonyl (C=O) groups is 1. The molecule has 0 amide bonds. The number of rotatable bonds is 5. The lowest BCUT2D eigenvalue weighted by Gasteiger charge is -2.33. The summed E-state index contributed by atoms with van der Waals surface area (Å²) in [5.41, 5.74) is 5.91. The summed E-state index contributed by atoms with van der Waals surface area (Å²) in [4.78, 5) is 17.1. The van der Waals surface area contributed by atoms with Crippen molar-refractivity contribution in [2.24, 2.45) is 0 Å². The monoisotopic (exact) mass is 252 g/mol. The number of likely N-dealkylation sites (N-methyl/N-ethyl adjacent to an activating group) is 1. The van der Waals surface area contributed by atoms with Crippen molar-refractivity contribution in [3.63, 3.8) is 0 Å². The Morgan fingerprint density at radius 1 is 1.56 bits per heavy atom. The van der Waals surface area contributed by atoms with Crippen molar-refractivity contribution in [1.82, 2.24) is 9.88 Å². The minimum absolute atomic E-state index is 0.0650. The first kappa shape index (κ1) is 14.2. The smallest absolute Gasteiger partial charge is 0.337 e. The van der Waals surface area contributed by atoms with Crippen LogP contribution in [0.4, 0.5) is 11.5 Å². The highest BCUT2D eigenvalue weighted by Crippen LogP contribution is 2.21. The number of nitrogens with zero attached hydrogens (tertiary/aromatic N) is 2. The van der Waals surface area contributed by atoms with Gasteiger partial charge in [-0.25, -0.2) is 9.78 Å². The summed E-state index contributed by atoms with van der Waals surface area (Å²) < 4.78 is 0. The SMILES string of the molecule is CN(C)C(C)(C)CNc1nccc(C(=O)O)c1N. The van der Waals surface area contributed by atoms with E-state index in [0.717, 1.165) is 0 Å². The average Bonchev–Trinajstić information content (AvgIpc) is 2.27. The topological polar surface area (TPSA) is 91.5 Å².